The second-order valence-corrected chi connectivity index (χ2v) is 14.5. The van der Waals surface area contributed by atoms with E-state index in [0.717, 1.165) is 62.3 Å². The smallest absolute Gasteiger partial charge is 0.346 e. The van der Waals surface area contributed by atoms with Gasteiger partial charge in [-0.05, 0) is 116 Å². The molecule has 1 atom stereocenters. The Hall–Kier alpha value is -6.00. The van der Waals surface area contributed by atoms with Gasteiger partial charge in [0.25, 0.3) is 0 Å². The first-order chi connectivity index (χ1) is 25.3. The van der Waals surface area contributed by atoms with Crippen molar-refractivity contribution in [1.82, 2.24) is 4.98 Å². The number of aryl methyl sites for hydroxylation is 1. The Morgan fingerprint density at radius 3 is 2.38 bits per heavy atom. The zero-order valence-corrected chi connectivity index (χ0v) is 30.6. The van der Waals surface area contributed by atoms with Gasteiger partial charge in [-0.25, -0.2) is 9.78 Å². The third-order valence-electron chi connectivity index (χ3n) is 9.03. The van der Waals surface area contributed by atoms with Gasteiger partial charge in [0.2, 0.25) is 0 Å². The highest BCUT2D eigenvalue weighted by Crippen LogP contribution is 2.39. The average molecular weight is 718 g/mol. The molecule has 0 radical (unpaired) electrons. The van der Waals surface area contributed by atoms with E-state index in [1.54, 1.807) is 40.9 Å². The Bertz CT molecular complexity index is 2420. The van der Waals surface area contributed by atoms with Gasteiger partial charge in [-0.2, -0.15) is 10.4 Å². The van der Waals surface area contributed by atoms with Crippen LogP contribution in [0.15, 0.2) is 114 Å². The van der Waals surface area contributed by atoms with E-state index in [2.05, 4.69) is 115 Å². The van der Waals surface area contributed by atoms with E-state index in [4.69, 9.17) is 20.5 Å². The molecule has 7 nitrogen and oxygen atoms in total. The van der Waals surface area contributed by atoms with Crippen LogP contribution in [0.3, 0.4) is 0 Å². The highest BCUT2D eigenvalue weighted by Gasteiger charge is 2.31. The summed E-state index contributed by atoms with van der Waals surface area (Å²) in [6.45, 7) is 8.39. The van der Waals surface area contributed by atoms with E-state index in [9.17, 15) is 4.79 Å². The van der Waals surface area contributed by atoms with Crippen molar-refractivity contribution in [1.29, 1.82) is 5.26 Å². The van der Waals surface area contributed by atoms with Gasteiger partial charge >= 0.3 is 5.97 Å². The Morgan fingerprint density at radius 1 is 0.942 bits per heavy atom. The Balaban J connectivity index is 1.15. The lowest BCUT2D eigenvalue weighted by Gasteiger charge is -2.26. The van der Waals surface area contributed by atoms with E-state index in [1.165, 1.54) is 27.6 Å². The molecule has 256 valence electrons. The van der Waals surface area contributed by atoms with Crippen LogP contribution in [0.2, 0.25) is 0 Å². The molecule has 6 aromatic rings. The number of thiophene rings is 1. The highest BCUT2D eigenvalue weighted by molar-refractivity contribution is 7.21. The second kappa shape index (κ2) is 15.1. The van der Waals surface area contributed by atoms with Gasteiger partial charge in [0.05, 0.1) is 37.4 Å². The van der Waals surface area contributed by atoms with Crippen LogP contribution in [-0.2, 0) is 4.79 Å². The number of hydrazone groups is 1. The van der Waals surface area contributed by atoms with Gasteiger partial charge < -0.3 is 10.0 Å². The number of anilines is 2. The number of rotatable bonds is 9. The van der Waals surface area contributed by atoms with Crippen molar-refractivity contribution < 1.29 is 9.90 Å². The molecule has 0 fully saturated rings. The Labute approximate surface area is 311 Å². The summed E-state index contributed by atoms with van der Waals surface area (Å²) in [6, 6.07) is 36.9. The number of carbonyl (C=O) groups is 1. The number of hydrogen-bond donors (Lipinski definition) is 1. The standard InChI is InChI=1S/C43H35N5O2S2/c1-4-47(5-2)34-16-12-31(13-17-34)39-26-38(40-23-21-36(51-40)20-11-29-7-9-30(10-8-29)25-33(27-44)43(49)50)46-48(39)35-18-14-32(15-19-35)42-45-37-22-6-28(3)24-41(37)52-42/h6-10,12-19,21-25,39H,4-5,26H2,1-3H3,(H,49,50)/b33-25+. The lowest BCUT2D eigenvalue weighted by molar-refractivity contribution is -0.132. The van der Waals surface area contributed by atoms with Crippen molar-refractivity contribution in [2.75, 3.05) is 23.0 Å². The Kier molecular flexibility index (Phi) is 9.99. The molecule has 0 aliphatic carbocycles. The van der Waals surface area contributed by atoms with Crippen molar-refractivity contribution in [2.45, 2.75) is 33.2 Å². The van der Waals surface area contributed by atoms with Crippen molar-refractivity contribution in [3.63, 3.8) is 0 Å². The van der Waals surface area contributed by atoms with Crippen molar-refractivity contribution >= 4 is 62.0 Å². The maximum Gasteiger partial charge on any atom is 0.346 e. The Morgan fingerprint density at radius 2 is 1.69 bits per heavy atom. The van der Waals surface area contributed by atoms with Crippen LogP contribution in [0, 0.1) is 30.1 Å². The summed E-state index contributed by atoms with van der Waals surface area (Å²) in [6.07, 6.45) is 2.11. The van der Waals surface area contributed by atoms with Gasteiger partial charge in [0.1, 0.15) is 16.6 Å². The number of carboxylic acid groups (broad SMARTS) is 1. The van der Waals surface area contributed by atoms with Crippen LogP contribution in [0.25, 0.3) is 26.9 Å². The number of thiazole rings is 1. The molecule has 1 unspecified atom stereocenters. The molecule has 0 bridgehead atoms. The molecule has 0 amide bonds. The largest absolute Gasteiger partial charge is 0.477 e. The number of benzene rings is 4. The number of nitrogens with zero attached hydrogens (tertiary/aromatic N) is 5. The summed E-state index contributed by atoms with van der Waals surface area (Å²) < 4.78 is 1.19. The third kappa shape index (κ3) is 7.38. The van der Waals surface area contributed by atoms with E-state index in [1.807, 2.05) is 18.2 Å². The number of hydrogen-bond acceptors (Lipinski definition) is 8. The van der Waals surface area contributed by atoms with E-state index >= 15 is 0 Å². The van der Waals surface area contributed by atoms with Gasteiger partial charge in [-0.3, -0.25) is 5.01 Å². The lowest BCUT2D eigenvalue weighted by Crippen LogP contribution is -2.22. The fourth-order valence-corrected chi connectivity index (χ4v) is 8.15. The monoisotopic (exact) mass is 717 g/mol. The molecule has 0 saturated heterocycles. The zero-order valence-electron chi connectivity index (χ0n) is 29.0. The lowest BCUT2D eigenvalue weighted by atomic mass is 10.00. The van der Waals surface area contributed by atoms with Gasteiger partial charge in [-0.15, -0.1) is 22.7 Å². The summed E-state index contributed by atoms with van der Waals surface area (Å²) >= 11 is 3.34. The zero-order chi connectivity index (χ0) is 36.2. The summed E-state index contributed by atoms with van der Waals surface area (Å²) in [4.78, 5) is 20.4. The molecule has 7 rings (SSSR count). The minimum atomic E-state index is -1.25. The molecule has 1 aliphatic rings. The van der Waals surface area contributed by atoms with Crippen LogP contribution in [0.5, 0.6) is 0 Å². The maximum absolute atomic E-state index is 11.2. The minimum absolute atomic E-state index is 0.0314. The topological polar surface area (TPSA) is 92.8 Å². The van der Waals surface area contributed by atoms with Crippen LogP contribution >= 0.6 is 22.7 Å². The first-order valence-electron chi connectivity index (χ1n) is 17.1. The molecule has 0 saturated carbocycles. The van der Waals surface area contributed by atoms with E-state index < -0.39 is 5.97 Å². The summed E-state index contributed by atoms with van der Waals surface area (Å²) in [5, 5.41) is 26.5. The van der Waals surface area contributed by atoms with Gasteiger partial charge in [0.15, 0.2) is 0 Å². The normalized spacial score (nSPS) is 14.1. The molecule has 52 heavy (non-hydrogen) atoms. The fraction of sp³-hybridized carbons (Fsp3) is 0.163. The summed E-state index contributed by atoms with van der Waals surface area (Å²) in [5.41, 5.74) is 8.92. The fourth-order valence-electron chi connectivity index (χ4n) is 6.23. The maximum atomic E-state index is 11.2. The van der Waals surface area contributed by atoms with Gasteiger partial charge in [0, 0.05) is 36.3 Å². The number of carboxylic acids is 1. The molecule has 4 aromatic carbocycles. The number of nitriles is 1. The molecule has 9 heteroatoms. The van der Waals surface area contributed by atoms with Crippen LogP contribution in [0.4, 0.5) is 11.4 Å². The highest BCUT2D eigenvalue weighted by atomic mass is 32.1. The van der Waals surface area contributed by atoms with Crippen LogP contribution in [0.1, 0.15) is 58.3 Å². The second-order valence-electron chi connectivity index (χ2n) is 12.4. The molecule has 3 heterocycles. The van der Waals surface area contributed by atoms with Crippen molar-refractivity contribution in [2.24, 2.45) is 5.10 Å². The number of fused-ring (bicyclic) bond motifs is 1. The van der Waals surface area contributed by atoms with E-state index in [0.29, 0.717) is 5.56 Å². The van der Waals surface area contributed by atoms with Crippen molar-refractivity contribution in [3.8, 4) is 28.5 Å². The van der Waals surface area contributed by atoms with Gasteiger partial charge in [-0.1, -0.05) is 42.2 Å². The van der Waals surface area contributed by atoms with Crippen LogP contribution < -0.4 is 9.91 Å². The summed E-state index contributed by atoms with van der Waals surface area (Å²) in [5.74, 6) is 5.23. The minimum Gasteiger partial charge on any atom is -0.477 e. The number of aliphatic carboxylic acids is 1. The first kappa shape index (κ1) is 34.4. The molecule has 1 N–H and O–H groups in total. The first-order valence-corrected chi connectivity index (χ1v) is 18.7. The number of aromatic nitrogens is 1. The SMILES string of the molecule is CCN(CC)c1ccc(C2CC(c3ccc(C#Cc4ccc(/C=C(\C#N)C(=O)O)cc4)s3)=NN2c2ccc(-c3nc4ccc(C)cc4s3)cc2)cc1. The predicted octanol–water partition coefficient (Wildman–Crippen LogP) is 9.93. The molecule has 0 spiro atoms. The molecule has 1 aliphatic heterocycles. The quantitative estimate of drug-likeness (QED) is 0.0910. The third-order valence-corrected chi connectivity index (χ3v) is 11.1. The van der Waals surface area contributed by atoms with E-state index in [-0.39, 0.29) is 11.6 Å². The summed E-state index contributed by atoms with van der Waals surface area (Å²) in [7, 11) is 0. The molecular weight excluding hydrogens is 683 g/mol. The average Bonchev–Trinajstić information content (AvgIpc) is 3.93. The van der Waals surface area contributed by atoms with Crippen LogP contribution in [-0.4, -0.2) is 34.9 Å². The predicted molar refractivity (Wildman–Crippen MR) is 214 cm³/mol. The molecular formula is C43H35N5O2S2. The molecule has 2 aromatic heterocycles. The van der Waals surface area contributed by atoms with Crippen molar-refractivity contribution in [3.05, 3.63) is 141 Å².